The fraction of sp³-hybridized carbons (Fsp3) is 0.300. The summed E-state index contributed by atoms with van der Waals surface area (Å²) in [6.45, 7) is 1.41. The molecule has 4 rings (SSSR count). The fourth-order valence-electron chi connectivity index (χ4n) is 3.62. The van der Waals surface area contributed by atoms with Crippen LogP contribution in [0.2, 0.25) is 15.1 Å². The minimum Gasteiger partial charge on any atom is -0.342 e. The van der Waals surface area contributed by atoms with Crippen molar-refractivity contribution in [2.45, 2.75) is 25.2 Å². The van der Waals surface area contributed by atoms with E-state index in [-0.39, 0.29) is 11.8 Å². The van der Waals surface area contributed by atoms with Crippen molar-refractivity contribution < 1.29 is 4.79 Å². The van der Waals surface area contributed by atoms with Crippen LogP contribution in [0.1, 0.15) is 30.1 Å². The van der Waals surface area contributed by atoms with E-state index in [1.54, 1.807) is 18.2 Å². The number of imidazole rings is 1. The van der Waals surface area contributed by atoms with E-state index in [1.807, 2.05) is 23.1 Å². The number of benzene rings is 2. The Morgan fingerprint density at radius 3 is 2.67 bits per heavy atom. The van der Waals surface area contributed by atoms with Gasteiger partial charge in [-0.05, 0) is 54.8 Å². The predicted octanol–water partition coefficient (Wildman–Crippen LogP) is 5.47. The lowest BCUT2D eigenvalue weighted by Gasteiger charge is -2.32. The average molecular weight is 423 g/mol. The van der Waals surface area contributed by atoms with Gasteiger partial charge in [-0.1, -0.05) is 34.8 Å². The van der Waals surface area contributed by atoms with E-state index in [0.29, 0.717) is 28.0 Å². The number of rotatable bonds is 3. The first-order valence-corrected chi connectivity index (χ1v) is 9.99. The van der Waals surface area contributed by atoms with Gasteiger partial charge in [0, 0.05) is 34.1 Å². The van der Waals surface area contributed by atoms with Gasteiger partial charge in [0.25, 0.3) is 0 Å². The van der Waals surface area contributed by atoms with Crippen LogP contribution < -0.4 is 0 Å². The maximum Gasteiger partial charge on any atom is 0.227 e. The Labute approximate surface area is 172 Å². The maximum atomic E-state index is 12.8. The second-order valence-electron chi connectivity index (χ2n) is 6.92. The van der Waals surface area contributed by atoms with Crippen molar-refractivity contribution in [1.29, 1.82) is 0 Å². The Morgan fingerprint density at radius 2 is 1.89 bits per heavy atom. The van der Waals surface area contributed by atoms with Gasteiger partial charge in [0.2, 0.25) is 5.91 Å². The molecule has 1 atom stereocenters. The lowest BCUT2D eigenvalue weighted by atomic mass is 9.96. The van der Waals surface area contributed by atoms with Crippen LogP contribution in [0.15, 0.2) is 36.4 Å². The number of aromatic nitrogens is 2. The molecule has 1 aliphatic rings. The third-order valence-electron chi connectivity index (χ3n) is 4.90. The third kappa shape index (κ3) is 4.23. The number of carbonyl (C=O) groups excluding carboxylic acids is 1. The van der Waals surface area contributed by atoms with E-state index in [4.69, 9.17) is 34.8 Å². The van der Waals surface area contributed by atoms with Gasteiger partial charge in [0.1, 0.15) is 5.82 Å². The second kappa shape index (κ2) is 7.70. The number of aromatic amines is 1. The smallest absolute Gasteiger partial charge is 0.227 e. The van der Waals surface area contributed by atoms with Crippen molar-refractivity contribution >= 4 is 51.7 Å². The van der Waals surface area contributed by atoms with E-state index < -0.39 is 0 Å². The SMILES string of the molecule is O=C(Cc1cc(Cl)cc(Cl)c1)N1CCCC(c2nc3cc(Cl)ccc3[nH]2)C1. The first-order chi connectivity index (χ1) is 13.0. The highest BCUT2D eigenvalue weighted by molar-refractivity contribution is 6.34. The highest BCUT2D eigenvalue weighted by atomic mass is 35.5. The van der Waals surface area contributed by atoms with Crippen molar-refractivity contribution in [3.05, 3.63) is 62.9 Å². The minimum atomic E-state index is 0.0807. The highest BCUT2D eigenvalue weighted by Gasteiger charge is 2.27. The molecule has 0 spiro atoms. The molecule has 0 saturated carbocycles. The second-order valence-corrected chi connectivity index (χ2v) is 8.23. The van der Waals surface area contributed by atoms with Crippen LogP contribution in [0.5, 0.6) is 0 Å². The molecule has 1 unspecified atom stereocenters. The van der Waals surface area contributed by atoms with E-state index in [9.17, 15) is 4.79 Å². The van der Waals surface area contributed by atoms with E-state index in [1.165, 1.54) is 0 Å². The minimum absolute atomic E-state index is 0.0807. The molecule has 1 aromatic heterocycles. The standard InChI is InChI=1S/C20H18Cl3N3O/c21-14-3-4-17-18(10-14)25-20(24-17)13-2-1-5-26(11-13)19(27)8-12-6-15(22)9-16(23)7-12/h3-4,6-7,9-10,13H,1-2,5,8,11H2,(H,24,25). The first-order valence-electron chi connectivity index (χ1n) is 8.86. The molecule has 0 aliphatic carbocycles. The Kier molecular flexibility index (Phi) is 5.31. The highest BCUT2D eigenvalue weighted by Crippen LogP contribution is 2.28. The molecule has 2 heterocycles. The van der Waals surface area contributed by atoms with E-state index in [0.717, 1.165) is 41.8 Å². The molecule has 1 amide bonds. The zero-order valence-corrected chi connectivity index (χ0v) is 16.8. The maximum absolute atomic E-state index is 12.8. The van der Waals surface area contributed by atoms with Crippen molar-refractivity contribution in [1.82, 2.24) is 14.9 Å². The summed E-state index contributed by atoms with van der Waals surface area (Å²) in [5.74, 6) is 1.18. The Morgan fingerprint density at radius 1 is 1.11 bits per heavy atom. The zero-order chi connectivity index (χ0) is 19.0. The van der Waals surface area contributed by atoms with Gasteiger partial charge in [-0.2, -0.15) is 0 Å². The normalized spacial score (nSPS) is 17.4. The number of nitrogens with one attached hydrogen (secondary N) is 1. The lowest BCUT2D eigenvalue weighted by Crippen LogP contribution is -2.40. The molecule has 0 radical (unpaired) electrons. The van der Waals surface area contributed by atoms with Crippen molar-refractivity contribution in [2.24, 2.45) is 0 Å². The molecule has 4 nitrogen and oxygen atoms in total. The third-order valence-corrected chi connectivity index (χ3v) is 5.57. The van der Waals surface area contributed by atoms with Crippen LogP contribution in [-0.2, 0) is 11.2 Å². The van der Waals surface area contributed by atoms with Gasteiger partial charge >= 0.3 is 0 Å². The summed E-state index contributed by atoms with van der Waals surface area (Å²) in [4.78, 5) is 22.7. The summed E-state index contributed by atoms with van der Waals surface area (Å²) < 4.78 is 0. The molecule has 7 heteroatoms. The number of halogens is 3. The molecule has 140 valence electrons. The molecule has 1 fully saturated rings. The van der Waals surface area contributed by atoms with Crippen LogP contribution in [0, 0.1) is 0 Å². The van der Waals surface area contributed by atoms with Gasteiger partial charge in [0.05, 0.1) is 17.5 Å². The summed E-state index contributed by atoms with van der Waals surface area (Å²) in [5.41, 5.74) is 2.65. The summed E-state index contributed by atoms with van der Waals surface area (Å²) >= 11 is 18.1. The largest absolute Gasteiger partial charge is 0.342 e. The molecule has 1 saturated heterocycles. The van der Waals surface area contributed by atoms with Crippen molar-refractivity contribution in [3.8, 4) is 0 Å². The van der Waals surface area contributed by atoms with Crippen molar-refractivity contribution in [3.63, 3.8) is 0 Å². The molecule has 27 heavy (non-hydrogen) atoms. The summed E-state index contributed by atoms with van der Waals surface area (Å²) in [6, 6.07) is 10.9. The van der Waals surface area contributed by atoms with Gasteiger partial charge in [-0.3, -0.25) is 4.79 Å². The summed E-state index contributed by atoms with van der Waals surface area (Å²) in [5, 5.41) is 1.76. The van der Waals surface area contributed by atoms with Gasteiger partial charge in [0.15, 0.2) is 0 Å². The van der Waals surface area contributed by atoms with Crippen LogP contribution in [0.25, 0.3) is 11.0 Å². The number of hydrogen-bond donors (Lipinski definition) is 1. The molecule has 1 aliphatic heterocycles. The van der Waals surface area contributed by atoms with E-state index >= 15 is 0 Å². The van der Waals surface area contributed by atoms with Crippen LogP contribution in [-0.4, -0.2) is 33.9 Å². The van der Waals surface area contributed by atoms with Gasteiger partial charge < -0.3 is 9.88 Å². The van der Waals surface area contributed by atoms with Gasteiger partial charge in [-0.25, -0.2) is 4.98 Å². The fourth-order valence-corrected chi connectivity index (χ4v) is 4.36. The van der Waals surface area contributed by atoms with E-state index in [2.05, 4.69) is 9.97 Å². The average Bonchev–Trinajstić information content (AvgIpc) is 3.04. The van der Waals surface area contributed by atoms with Gasteiger partial charge in [-0.15, -0.1) is 0 Å². The number of H-pyrrole nitrogens is 1. The molecule has 2 aromatic carbocycles. The molecular weight excluding hydrogens is 405 g/mol. The number of likely N-dealkylation sites (tertiary alicyclic amines) is 1. The summed E-state index contributed by atoms with van der Waals surface area (Å²) in [7, 11) is 0. The van der Waals surface area contributed by atoms with Crippen LogP contribution in [0.3, 0.4) is 0 Å². The zero-order valence-electron chi connectivity index (χ0n) is 14.5. The summed E-state index contributed by atoms with van der Waals surface area (Å²) in [6.07, 6.45) is 2.24. The number of nitrogens with zero attached hydrogens (tertiary/aromatic N) is 2. The number of fused-ring (bicyclic) bond motifs is 1. The molecule has 3 aromatic rings. The predicted molar refractivity (Wildman–Crippen MR) is 110 cm³/mol. The quantitative estimate of drug-likeness (QED) is 0.608. The monoisotopic (exact) mass is 421 g/mol. The molecule has 0 bridgehead atoms. The number of hydrogen-bond acceptors (Lipinski definition) is 2. The van der Waals surface area contributed by atoms with Crippen LogP contribution in [0.4, 0.5) is 0 Å². The van der Waals surface area contributed by atoms with Crippen LogP contribution >= 0.6 is 34.8 Å². The van der Waals surface area contributed by atoms with Crippen molar-refractivity contribution in [2.75, 3.05) is 13.1 Å². The first kappa shape index (κ1) is 18.6. The lowest BCUT2D eigenvalue weighted by molar-refractivity contribution is -0.131. The molecular formula is C20H18Cl3N3O. The Hall–Kier alpha value is -1.75. The molecule has 1 N–H and O–H groups in total. The Bertz CT molecular complexity index is 981. The number of amides is 1. The number of carbonyl (C=O) groups is 1. The Balaban J connectivity index is 1.48. The topological polar surface area (TPSA) is 49.0 Å². The number of piperidine rings is 1.